The number of carbonyl (C=O) groups is 4. The number of benzene rings is 1. The van der Waals surface area contributed by atoms with Crippen molar-refractivity contribution in [2.45, 2.75) is 75.5 Å². The van der Waals surface area contributed by atoms with Crippen LogP contribution in [-0.4, -0.2) is 81.1 Å². The number of carbonyl (C=O) groups excluding carboxylic acids is 3. The molecule has 0 spiro atoms. The Kier molecular flexibility index (Phi) is 14.3. The summed E-state index contributed by atoms with van der Waals surface area (Å²) >= 11 is 0. The van der Waals surface area contributed by atoms with Gasteiger partial charge in [0.1, 0.15) is 23.9 Å². The minimum absolute atomic E-state index is 0.0303. The number of amides is 3. The third-order valence-corrected chi connectivity index (χ3v) is 6.48. The third-order valence-electron chi connectivity index (χ3n) is 6.48. The summed E-state index contributed by atoms with van der Waals surface area (Å²) in [5, 5.41) is 27.1. The first-order valence-electron chi connectivity index (χ1n) is 13.7. The Morgan fingerprint density at radius 1 is 0.805 bits per heavy atom. The predicted octanol–water partition coefficient (Wildman–Crippen LogP) is -0.975. The summed E-state index contributed by atoms with van der Waals surface area (Å²) < 4.78 is 0. The molecule has 3 amide bonds. The van der Waals surface area contributed by atoms with E-state index in [1.54, 1.807) is 18.3 Å². The molecule has 1 aromatic heterocycles. The maximum absolute atomic E-state index is 13.3. The van der Waals surface area contributed by atoms with Crippen molar-refractivity contribution in [3.8, 4) is 5.75 Å². The highest BCUT2D eigenvalue weighted by atomic mass is 16.4. The normalized spacial score (nSPS) is 13.9. The molecular weight excluding hydrogens is 532 g/mol. The van der Waals surface area contributed by atoms with Gasteiger partial charge in [-0.3, -0.25) is 14.4 Å². The summed E-state index contributed by atoms with van der Waals surface area (Å²) in [6, 6.07) is 1.69. The van der Waals surface area contributed by atoms with Crippen molar-refractivity contribution in [2.24, 2.45) is 17.2 Å². The molecule has 4 unspecified atom stereocenters. The molecule has 14 heteroatoms. The molecule has 0 saturated heterocycles. The van der Waals surface area contributed by atoms with Crippen molar-refractivity contribution in [3.63, 3.8) is 0 Å². The SMILES string of the molecule is NCCCCC(NC(=O)C(N)Cc1cnc[nH]1)C(=O)NC(CCCCN)C(=O)NC(Cc1ccc(O)cc1)C(=O)O. The summed E-state index contributed by atoms with van der Waals surface area (Å²) in [7, 11) is 0. The minimum Gasteiger partial charge on any atom is -0.508 e. The fourth-order valence-electron chi connectivity index (χ4n) is 4.14. The maximum atomic E-state index is 13.3. The van der Waals surface area contributed by atoms with E-state index in [0.29, 0.717) is 50.0 Å². The Morgan fingerprint density at radius 2 is 1.34 bits per heavy atom. The Bertz CT molecular complexity index is 1100. The van der Waals surface area contributed by atoms with Crippen molar-refractivity contribution >= 4 is 23.7 Å². The van der Waals surface area contributed by atoms with Crippen molar-refractivity contribution in [2.75, 3.05) is 13.1 Å². The second-order valence-corrected chi connectivity index (χ2v) is 9.85. The van der Waals surface area contributed by atoms with Crippen molar-refractivity contribution in [1.29, 1.82) is 0 Å². The van der Waals surface area contributed by atoms with Gasteiger partial charge in [0, 0.05) is 24.7 Å². The molecule has 2 aromatic rings. The molecule has 0 radical (unpaired) electrons. The number of phenolic OH excluding ortho intramolecular Hbond substituents is 1. The van der Waals surface area contributed by atoms with Crippen LogP contribution in [0.15, 0.2) is 36.8 Å². The second kappa shape index (κ2) is 17.6. The smallest absolute Gasteiger partial charge is 0.326 e. The molecule has 14 nitrogen and oxygen atoms in total. The van der Waals surface area contributed by atoms with Crippen LogP contribution in [0.5, 0.6) is 5.75 Å². The lowest BCUT2D eigenvalue weighted by molar-refractivity contribution is -0.142. The van der Waals surface area contributed by atoms with E-state index in [1.165, 1.54) is 18.5 Å². The Labute approximate surface area is 238 Å². The monoisotopic (exact) mass is 574 g/mol. The number of carboxylic acids is 1. The average molecular weight is 575 g/mol. The number of aliphatic carboxylic acids is 1. The maximum Gasteiger partial charge on any atom is 0.326 e. The van der Waals surface area contributed by atoms with Gasteiger partial charge in [-0.25, -0.2) is 9.78 Å². The summed E-state index contributed by atoms with van der Waals surface area (Å²) in [6.45, 7) is 0.788. The molecule has 1 aromatic carbocycles. The van der Waals surface area contributed by atoms with E-state index in [4.69, 9.17) is 17.2 Å². The first-order valence-corrected chi connectivity index (χ1v) is 13.7. The molecule has 12 N–H and O–H groups in total. The third kappa shape index (κ3) is 11.9. The number of unbranched alkanes of at least 4 members (excludes halogenated alkanes) is 2. The molecule has 0 saturated carbocycles. The molecule has 41 heavy (non-hydrogen) atoms. The molecule has 0 aliphatic heterocycles. The Morgan fingerprint density at radius 3 is 1.83 bits per heavy atom. The number of nitrogens with one attached hydrogen (secondary N) is 4. The number of aromatic nitrogens is 2. The van der Waals surface area contributed by atoms with Crippen LogP contribution >= 0.6 is 0 Å². The van der Waals surface area contributed by atoms with Gasteiger partial charge in [-0.05, 0) is 69.3 Å². The van der Waals surface area contributed by atoms with E-state index in [2.05, 4.69) is 25.9 Å². The van der Waals surface area contributed by atoms with Crippen LogP contribution in [0.1, 0.15) is 49.8 Å². The van der Waals surface area contributed by atoms with Crippen LogP contribution in [0.25, 0.3) is 0 Å². The highest BCUT2D eigenvalue weighted by molar-refractivity contribution is 5.94. The standard InChI is InChI=1S/C27H42N8O6/c28-11-3-1-5-21(33-24(37)20(30)14-18-15-31-16-32-18)25(38)34-22(6-2-4-12-29)26(39)35-23(27(40)41)13-17-7-9-19(36)10-8-17/h7-10,15-16,20-23,36H,1-6,11-14,28-30H2,(H,31,32)(H,33,37)(H,34,38)(H,35,39)(H,40,41). The number of phenols is 1. The van der Waals surface area contributed by atoms with Gasteiger partial charge in [-0.1, -0.05) is 12.1 Å². The molecule has 0 aliphatic carbocycles. The molecule has 2 rings (SSSR count). The van der Waals surface area contributed by atoms with E-state index in [-0.39, 0.29) is 31.4 Å². The average Bonchev–Trinajstić information content (AvgIpc) is 3.45. The first kappa shape index (κ1) is 33.2. The molecular formula is C27H42N8O6. The van der Waals surface area contributed by atoms with E-state index in [0.717, 1.165) is 0 Å². The van der Waals surface area contributed by atoms with Gasteiger partial charge in [0.15, 0.2) is 0 Å². The van der Waals surface area contributed by atoms with E-state index < -0.39 is 47.9 Å². The first-order chi connectivity index (χ1) is 19.6. The zero-order valence-electron chi connectivity index (χ0n) is 23.1. The van der Waals surface area contributed by atoms with Gasteiger partial charge < -0.3 is 48.3 Å². The van der Waals surface area contributed by atoms with Crippen LogP contribution in [0.4, 0.5) is 0 Å². The predicted molar refractivity (Wildman–Crippen MR) is 151 cm³/mol. The molecule has 1 heterocycles. The topological polar surface area (TPSA) is 252 Å². The lowest BCUT2D eigenvalue weighted by atomic mass is 10.0. The van der Waals surface area contributed by atoms with Gasteiger partial charge in [-0.2, -0.15) is 0 Å². The molecule has 0 aliphatic rings. The van der Waals surface area contributed by atoms with Crippen molar-refractivity contribution < 1.29 is 29.4 Å². The lowest BCUT2D eigenvalue weighted by Gasteiger charge is -2.25. The molecule has 0 fully saturated rings. The van der Waals surface area contributed by atoms with E-state index >= 15 is 0 Å². The Hall–Kier alpha value is -4.01. The van der Waals surface area contributed by atoms with Crippen molar-refractivity contribution in [1.82, 2.24) is 25.9 Å². The summed E-state index contributed by atoms with van der Waals surface area (Å²) in [5.41, 5.74) is 18.5. The van der Waals surface area contributed by atoms with E-state index in [1.807, 2.05) is 0 Å². The quantitative estimate of drug-likeness (QED) is 0.0927. The molecule has 4 atom stereocenters. The zero-order valence-corrected chi connectivity index (χ0v) is 23.1. The van der Waals surface area contributed by atoms with Gasteiger partial charge in [0.05, 0.1) is 12.4 Å². The van der Waals surface area contributed by atoms with Crippen LogP contribution in [-0.2, 0) is 32.0 Å². The number of nitrogens with zero attached hydrogens (tertiary/aromatic N) is 1. The van der Waals surface area contributed by atoms with E-state index in [9.17, 15) is 29.4 Å². The highest BCUT2D eigenvalue weighted by Gasteiger charge is 2.30. The fraction of sp³-hybridized carbons (Fsp3) is 0.519. The van der Waals surface area contributed by atoms with Gasteiger partial charge in [0.2, 0.25) is 17.7 Å². The van der Waals surface area contributed by atoms with Crippen LogP contribution < -0.4 is 33.2 Å². The highest BCUT2D eigenvalue weighted by Crippen LogP contribution is 2.12. The molecule has 0 bridgehead atoms. The van der Waals surface area contributed by atoms with Gasteiger partial charge in [0.25, 0.3) is 0 Å². The fourth-order valence-corrected chi connectivity index (χ4v) is 4.14. The van der Waals surface area contributed by atoms with Crippen LogP contribution in [0.2, 0.25) is 0 Å². The number of rotatable bonds is 19. The van der Waals surface area contributed by atoms with Crippen LogP contribution in [0, 0.1) is 0 Å². The summed E-state index contributed by atoms with van der Waals surface area (Å²) in [5.74, 6) is -3.04. The lowest BCUT2D eigenvalue weighted by Crippen LogP contribution is -2.57. The number of H-pyrrole nitrogens is 1. The van der Waals surface area contributed by atoms with Gasteiger partial charge >= 0.3 is 5.97 Å². The second-order valence-electron chi connectivity index (χ2n) is 9.85. The number of nitrogens with two attached hydrogens (primary N) is 3. The summed E-state index contributed by atoms with van der Waals surface area (Å²) in [4.78, 5) is 58.1. The largest absolute Gasteiger partial charge is 0.508 e. The van der Waals surface area contributed by atoms with Gasteiger partial charge in [-0.15, -0.1) is 0 Å². The number of aromatic hydroxyl groups is 1. The zero-order chi connectivity index (χ0) is 30.2. The number of carboxylic acid groups (broad SMARTS) is 1. The number of hydrogen-bond donors (Lipinski definition) is 9. The number of hydrogen-bond acceptors (Lipinski definition) is 9. The summed E-state index contributed by atoms with van der Waals surface area (Å²) in [6.07, 6.45) is 5.91. The minimum atomic E-state index is -1.28. The number of aromatic amines is 1. The van der Waals surface area contributed by atoms with Crippen molar-refractivity contribution in [3.05, 3.63) is 48.0 Å². The van der Waals surface area contributed by atoms with Crippen LogP contribution in [0.3, 0.4) is 0 Å². The number of imidazole rings is 1. The Balaban J connectivity index is 2.13. The molecule has 226 valence electrons.